The van der Waals surface area contributed by atoms with Crippen LogP contribution in [0.4, 0.5) is 10.1 Å². The SMILES string of the molecule is O=C(Nc1ccc(F)cc1Cl)c1cc(Cl)ncc1Cl. The highest BCUT2D eigenvalue weighted by molar-refractivity contribution is 6.36. The first kappa shape index (κ1) is 14.1. The van der Waals surface area contributed by atoms with Gasteiger partial charge in [0.1, 0.15) is 11.0 Å². The fraction of sp³-hybridized carbons (Fsp3) is 0. The van der Waals surface area contributed by atoms with Crippen molar-refractivity contribution >= 4 is 46.4 Å². The van der Waals surface area contributed by atoms with Gasteiger partial charge >= 0.3 is 0 Å². The second-order valence-electron chi connectivity index (χ2n) is 3.57. The zero-order valence-corrected chi connectivity index (χ0v) is 11.5. The summed E-state index contributed by atoms with van der Waals surface area (Å²) in [6, 6.07) is 4.96. The number of amides is 1. The van der Waals surface area contributed by atoms with E-state index in [2.05, 4.69) is 10.3 Å². The largest absolute Gasteiger partial charge is 0.321 e. The van der Waals surface area contributed by atoms with Crippen LogP contribution >= 0.6 is 34.8 Å². The van der Waals surface area contributed by atoms with Crippen molar-refractivity contribution in [3.05, 3.63) is 57.0 Å². The molecule has 2 aromatic rings. The van der Waals surface area contributed by atoms with Crippen LogP contribution in [-0.4, -0.2) is 10.9 Å². The van der Waals surface area contributed by atoms with E-state index >= 15 is 0 Å². The number of nitrogens with zero attached hydrogens (tertiary/aromatic N) is 1. The first-order valence-electron chi connectivity index (χ1n) is 5.05. The summed E-state index contributed by atoms with van der Waals surface area (Å²) in [4.78, 5) is 15.7. The summed E-state index contributed by atoms with van der Waals surface area (Å²) in [6.07, 6.45) is 1.27. The summed E-state index contributed by atoms with van der Waals surface area (Å²) in [7, 11) is 0. The molecule has 0 fully saturated rings. The van der Waals surface area contributed by atoms with Gasteiger partial charge in [-0.2, -0.15) is 0 Å². The van der Waals surface area contributed by atoms with Crippen molar-refractivity contribution in [2.75, 3.05) is 5.32 Å². The highest BCUT2D eigenvalue weighted by atomic mass is 35.5. The van der Waals surface area contributed by atoms with Crippen LogP contribution < -0.4 is 5.32 Å². The third-order valence-corrected chi connectivity index (χ3v) is 3.07. The van der Waals surface area contributed by atoms with Gasteiger partial charge in [-0.15, -0.1) is 0 Å². The van der Waals surface area contributed by atoms with E-state index in [1.54, 1.807) is 0 Å². The van der Waals surface area contributed by atoms with Crippen molar-refractivity contribution < 1.29 is 9.18 Å². The fourth-order valence-electron chi connectivity index (χ4n) is 1.37. The molecular weight excluding hydrogens is 314 g/mol. The van der Waals surface area contributed by atoms with Gasteiger partial charge in [0.15, 0.2) is 0 Å². The molecule has 98 valence electrons. The molecule has 19 heavy (non-hydrogen) atoms. The third-order valence-electron chi connectivity index (χ3n) is 2.25. The van der Waals surface area contributed by atoms with Gasteiger partial charge in [0, 0.05) is 6.20 Å². The van der Waals surface area contributed by atoms with Gasteiger partial charge in [-0.3, -0.25) is 4.79 Å². The molecule has 0 bridgehead atoms. The Bertz CT molecular complexity index is 649. The highest BCUT2D eigenvalue weighted by Crippen LogP contribution is 2.25. The van der Waals surface area contributed by atoms with Crippen molar-refractivity contribution in [2.45, 2.75) is 0 Å². The van der Waals surface area contributed by atoms with Crippen LogP contribution in [0.3, 0.4) is 0 Å². The number of nitrogens with one attached hydrogen (secondary N) is 1. The molecule has 3 nitrogen and oxygen atoms in total. The van der Waals surface area contributed by atoms with E-state index in [-0.39, 0.29) is 26.4 Å². The Morgan fingerprint density at radius 1 is 1.16 bits per heavy atom. The zero-order chi connectivity index (χ0) is 14.0. The van der Waals surface area contributed by atoms with Crippen molar-refractivity contribution in [1.29, 1.82) is 0 Å². The quantitative estimate of drug-likeness (QED) is 0.832. The number of aromatic nitrogens is 1. The maximum Gasteiger partial charge on any atom is 0.257 e. The maximum atomic E-state index is 12.9. The molecular formula is C12H6Cl3FN2O. The van der Waals surface area contributed by atoms with Crippen LogP contribution in [0.25, 0.3) is 0 Å². The van der Waals surface area contributed by atoms with E-state index < -0.39 is 11.7 Å². The number of carbonyl (C=O) groups excluding carboxylic acids is 1. The van der Waals surface area contributed by atoms with E-state index in [1.165, 1.54) is 24.4 Å². The molecule has 1 aromatic heterocycles. The Kier molecular flexibility index (Phi) is 4.24. The fourth-order valence-corrected chi connectivity index (χ4v) is 1.93. The molecule has 0 spiro atoms. The third kappa shape index (κ3) is 3.35. The molecule has 1 N–H and O–H groups in total. The molecule has 0 aliphatic heterocycles. The zero-order valence-electron chi connectivity index (χ0n) is 9.25. The lowest BCUT2D eigenvalue weighted by Crippen LogP contribution is -2.13. The van der Waals surface area contributed by atoms with Crippen LogP contribution in [0.5, 0.6) is 0 Å². The van der Waals surface area contributed by atoms with Crippen molar-refractivity contribution in [1.82, 2.24) is 4.98 Å². The summed E-state index contributed by atoms with van der Waals surface area (Å²) < 4.78 is 12.9. The number of anilines is 1. The number of benzene rings is 1. The highest BCUT2D eigenvalue weighted by Gasteiger charge is 2.13. The molecule has 0 saturated carbocycles. The summed E-state index contributed by atoms with van der Waals surface area (Å²) in [5, 5.41) is 2.89. The van der Waals surface area contributed by atoms with Gasteiger partial charge < -0.3 is 5.32 Å². The number of carbonyl (C=O) groups is 1. The molecule has 0 saturated heterocycles. The Hall–Kier alpha value is -1.36. The van der Waals surface area contributed by atoms with Crippen LogP contribution in [0.15, 0.2) is 30.5 Å². The van der Waals surface area contributed by atoms with Gasteiger partial charge in [-0.05, 0) is 24.3 Å². The molecule has 7 heteroatoms. The number of halogens is 4. The molecule has 2 rings (SSSR count). The molecule has 0 unspecified atom stereocenters. The number of hydrogen-bond acceptors (Lipinski definition) is 2. The van der Waals surface area contributed by atoms with Gasteiger partial charge in [-0.1, -0.05) is 34.8 Å². The Labute approximate surface area is 123 Å². The van der Waals surface area contributed by atoms with E-state index in [1.807, 2.05) is 0 Å². The predicted octanol–water partition coefficient (Wildman–Crippen LogP) is 4.43. The van der Waals surface area contributed by atoms with E-state index in [4.69, 9.17) is 34.8 Å². The lowest BCUT2D eigenvalue weighted by atomic mass is 10.2. The first-order valence-corrected chi connectivity index (χ1v) is 6.18. The Balaban J connectivity index is 2.28. The predicted molar refractivity (Wildman–Crippen MR) is 73.6 cm³/mol. The lowest BCUT2D eigenvalue weighted by Gasteiger charge is -2.08. The second-order valence-corrected chi connectivity index (χ2v) is 4.77. The van der Waals surface area contributed by atoms with E-state index in [0.29, 0.717) is 0 Å². The Morgan fingerprint density at radius 2 is 1.89 bits per heavy atom. The Morgan fingerprint density at radius 3 is 2.58 bits per heavy atom. The number of hydrogen-bond donors (Lipinski definition) is 1. The van der Waals surface area contributed by atoms with Crippen molar-refractivity contribution in [2.24, 2.45) is 0 Å². The van der Waals surface area contributed by atoms with Crippen LogP contribution in [0.1, 0.15) is 10.4 Å². The van der Waals surface area contributed by atoms with Gasteiger partial charge in [0.2, 0.25) is 0 Å². The molecule has 0 radical (unpaired) electrons. The van der Waals surface area contributed by atoms with Gasteiger partial charge in [0.05, 0.1) is 21.3 Å². The molecule has 0 atom stereocenters. The van der Waals surface area contributed by atoms with Crippen LogP contribution in [0.2, 0.25) is 15.2 Å². The summed E-state index contributed by atoms with van der Waals surface area (Å²) in [5.41, 5.74) is 0.430. The average Bonchev–Trinajstić information content (AvgIpc) is 2.35. The van der Waals surface area contributed by atoms with Crippen LogP contribution in [-0.2, 0) is 0 Å². The lowest BCUT2D eigenvalue weighted by molar-refractivity contribution is 0.102. The minimum atomic E-state index is -0.511. The molecule has 0 aliphatic carbocycles. The van der Waals surface area contributed by atoms with E-state index in [9.17, 15) is 9.18 Å². The second kappa shape index (κ2) is 5.74. The molecule has 0 aliphatic rings. The topological polar surface area (TPSA) is 42.0 Å². The smallest absolute Gasteiger partial charge is 0.257 e. The summed E-state index contributed by atoms with van der Waals surface area (Å²) in [6.45, 7) is 0. The average molecular weight is 320 g/mol. The normalized spacial score (nSPS) is 10.3. The number of rotatable bonds is 2. The summed E-state index contributed by atoms with van der Waals surface area (Å²) in [5.74, 6) is -1.00. The van der Waals surface area contributed by atoms with E-state index in [0.717, 1.165) is 6.07 Å². The van der Waals surface area contributed by atoms with Crippen molar-refractivity contribution in [3.8, 4) is 0 Å². The monoisotopic (exact) mass is 318 g/mol. The molecule has 1 aromatic carbocycles. The maximum absolute atomic E-state index is 12.9. The van der Waals surface area contributed by atoms with Gasteiger partial charge in [0.25, 0.3) is 5.91 Å². The molecule has 1 amide bonds. The minimum Gasteiger partial charge on any atom is -0.321 e. The summed E-state index contributed by atoms with van der Waals surface area (Å²) >= 11 is 17.3. The van der Waals surface area contributed by atoms with Crippen LogP contribution in [0, 0.1) is 5.82 Å². The molecule has 1 heterocycles. The number of pyridine rings is 1. The van der Waals surface area contributed by atoms with Gasteiger partial charge in [-0.25, -0.2) is 9.37 Å². The minimum absolute atomic E-state index is 0.0876. The van der Waals surface area contributed by atoms with Crippen molar-refractivity contribution in [3.63, 3.8) is 0 Å². The standard InChI is InChI=1S/C12H6Cl3FN2O/c13-8-3-6(16)1-2-10(8)18-12(19)7-4-11(15)17-5-9(7)14/h1-5H,(H,18,19). The first-order chi connectivity index (χ1) is 8.97.